The van der Waals surface area contributed by atoms with Gasteiger partial charge in [-0.1, -0.05) is 29.3 Å². The Balaban J connectivity index is 1.98. The molecule has 0 bridgehead atoms. The summed E-state index contributed by atoms with van der Waals surface area (Å²) in [5.74, 6) is -0.718. The summed E-state index contributed by atoms with van der Waals surface area (Å²) in [7, 11) is 1.29. The van der Waals surface area contributed by atoms with Gasteiger partial charge in [-0.3, -0.25) is 14.5 Å². The number of hydrogen-bond acceptors (Lipinski definition) is 5. The van der Waals surface area contributed by atoms with Crippen LogP contribution >= 0.6 is 23.2 Å². The molecule has 1 saturated heterocycles. The van der Waals surface area contributed by atoms with Gasteiger partial charge in [-0.2, -0.15) is 0 Å². The summed E-state index contributed by atoms with van der Waals surface area (Å²) in [6, 6.07) is 4.16. The first kappa shape index (κ1) is 19.0. The number of benzene rings is 1. The number of likely N-dealkylation sites (tertiary alicyclic amines) is 1. The number of carbonyl (C=O) groups excluding carboxylic acids is 2. The third-order valence-corrected chi connectivity index (χ3v) is 4.57. The number of β-amino-alcohol motifs (C(OH)–C–C–N with tert-alkyl or cyclic N) is 1. The van der Waals surface area contributed by atoms with E-state index in [2.05, 4.69) is 5.32 Å². The molecule has 1 aliphatic rings. The monoisotopic (exact) mass is 374 g/mol. The second-order valence-corrected chi connectivity index (χ2v) is 6.66. The SMILES string of the molecule is COC(=O)C1C[C@@H](O)CN1CC(=O)NC(C)c1ccc(Cl)cc1Cl. The molecule has 0 radical (unpaired) electrons. The molecule has 1 aromatic rings. The third kappa shape index (κ3) is 4.60. The first-order valence-corrected chi connectivity index (χ1v) is 8.31. The predicted molar refractivity (Wildman–Crippen MR) is 91.0 cm³/mol. The van der Waals surface area contributed by atoms with Crippen LogP contribution < -0.4 is 5.32 Å². The normalized spacial score (nSPS) is 22.2. The zero-order valence-electron chi connectivity index (χ0n) is 13.5. The van der Waals surface area contributed by atoms with E-state index < -0.39 is 18.1 Å². The lowest BCUT2D eigenvalue weighted by atomic mass is 10.1. The van der Waals surface area contributed by atoms with Gasteiger partial charge in [0, 0.05) is 23.0 Å². The zero-order valence-corrected chi connectivity index (χ0v) is 15.0. The Morgan fingerprint density at radius 3 is 2.79 bits per heavy atom. The van der Waals surface area contributed by atoms with E-state index in [0.717, 1.165) is 5.56 Å². The molecule has 1 fully saturated rings. The Hall–Kier alpha value is -1.34. The van der Waals surface area contributed by atoms with Crippen molar-refractivity contribution in [3.05, 3.63) is 33.8 Å². The van der Waals surface area contributed by atoms with Crippen molar-refractivity contribution in [3.8, 4) is 0 Å². The molecule has 1 aliphatic heterocycles. The highest BCUT2D eigenvalue weighted by molar-refractivity contribution is 6.35. The highest BCUT2D eigenvalue weighted by Gasteiger charge is 2.37. The van der Waals surface area contributed by atoms with Crippen LogP contribution in [0.3, 0.4) is 0 Å². The number of aliphatic hydroxyl groups is 1. The number of esters is 1. The van der Waals surface area contributed by atoms with Crippen molar-refractivity contribution in [2.75, 3.05) is 20.2 Å². The number of rotatable bonds is 5. The number of halogens is 2. The second kappa shape index (κ2) is 8.16. The van der Waals surface area contributed by atoms with Gasteiger partial charge in [-0.25, -0.2) is 0 Å². The van der Waals surface area contributed by atoms with Crippen LogP contribution in [0.1, 0.15) is 24.9 Å². The van der Waals surface area contributed by atoms with Crippen LogP contribution in [-0.4, -0.2) is 54.2 Å². The molecule has 0 aliphatic carbocycles. The minimum Gasteiger partial charge on any atom is -0.468 e. The fourth-order valence-electron chi connectivity index (χ4n) is 2.84. The Labute approximate surface area is 150 Å². The molecular weight excluding hydrogens is 355 g/mol. The Kier molecular flexibility index (Phi) is 6.46. The van der Waals surface area contributed by atoms with E-state index >= 15 is 0 Å². The molecule has 2 N–H and O–H groups in total. The molecule has 3 atom stereocenters. The maximum absolute atomic E-state index is 12.3. The van der Waals surface area contributed by atoms with Crippen LogP contribution in [0.2, 0.25) is 10.0 Å². The van der Waals surface area contributed by atoms with E-state index in [0.29, 0.717) is 10.0 Å². The van der Waals surface area contributed by atoms with E-state index in [9.17, 15) is 14.7 Å². The van der Waals surface area contributed by atoms with Gasteiger partial charge in [-0.05, 0) is 24.6 Å². The van der Waals surface area contributed by atoms with E-state index in [4.69, 9.17) is 27.9 Å². The average Bonchev–Trinajstić information content (AvgIpc) is 2.86. The molecule has 0 aromatic heterocycles. The lowest BCUT2D eigenvalue weighted by molar-refractivity contribution is -0.146. The Morgan fingerprint density at radius 1 is 1.46 bits per heavy atom. The summed E-state index contributed by atoms with van der Waals surface area (Å²) < 4.78 is 4.72. The van der Waals surface area contributed by atoms with Crippen molar-refractivity contribution < 1.29 is 19.4 Å². The van der Waals surface area contributed by atoms with Gasteiger partial charge >= 0.3 is 5.97 Å². The van der Waals surface area contributed by atoms with Crippen LogP contribution in [0.15, 0.2) is 18.2 Å². The van der Waals surface area contributed by atoms with E-state index in [-0.39, 0.29) is 31.5 Å². The largest absolute Gasteiger partial charge is 0.468 e. The molecule has 0 spiro atoms. The van der Waals surface area contributed by atoms with Crippen LogP contribution in [-0.2, 0) is 14.3 Å². The summed E-state index contributed by atoms with van der Waals surface area (Å²) in [4.78, 5) is 25.6. The van der Waals surface area contributed by atoms with Crippen molar-refractivity contribution in [1.29, 1.82) is 0 Å². The molecule has 2 rings (SSSR count). The first-order valence-electron chi connectivity index (χ1n) is 7.56. The number of methoxy groups -OCH3 is 1. The molecule has 0 saturated carbocycles. The topological polar surface area (TPSA) is 78.9 Å². The molecule has 1 heterocycles. The molecular formula is C16H20Cl2N2O4. The predicted octanol–water partition coefficient (Wildman–Crippen LogP) is 1.78. The Morgan fingerprint density at radius 2 is 2.17 bits per heavy atom. The van der Waals surface area contributed by atoms with Gasteiger partial charge in [0.05, 0.1) is 25.8 Å². The third-order valence-electron chi connectivity index (χ3n) is 4.01. The van der Waals surface area contributed by atoms with Crippen LogP contribution in [0.4, 0.5) is 0 Å². The highest BCUT2D eigenvalue weighted by Crippen LogP contribution is 2.26. The maximum Gasteiger partial charge on any atom is 0.323 e. The van der Waals surface area contributed by atoms with Crippen molar-refractivity contribution >= 4 is 35.1 Å². The van der Waals surface area contributed by atoms with Gasteiger partial charge in [0.1, 0.15) is 6.04 Å². The van der Waals surface area contributed by atoms with Gasteiger partial charge < -0.3 is 15.2 Å². The highest BCUT2D eigenvalue weighted by atomic mass is 35.5. The Bertz CT molecular complexity index is 626. The van der Waals surface area contributed by atoms with Crippen molar-refractivity contribution in [3.63, 3.8) is 0 Å². The quantitative estimate of drug-likeness (QED) is 0.768. The molecule has 8 heteroatoms. The van der Waals surface area contributed by atoms with Gasteiger partial charge in [-0.15, -0.1) is 0 Å². The molecule has 24 heavy (non-hydrogen) atoms. The van der Waals surface area contributed by atoms with Gasteiger partial charge in [0.15, 0.2) is 0 Å². The minimum absolute atomic E-state index is 0.00756. The van der Waals surface area contributed by atoms with Crippen molar-refractivity contribution in [1.82, 2.24) is 10.2 Å². The zero-order chi connectivity index (χ0) is 17.9. The van der Waals surface area contributed by atoms with E-state index in [1.54, 1.807) is 23.1 Å². The number of carbonyl (C=O) groups is 2. The summed E-state index contributed by atoms with van der Waals surface area (Å²) in [5, 5.41) is 13.6. The summed E-state index contributed by atoms with van der Waals surface area (Å²) >= 11 is 12.0. The molecule has 6 nitrogen and oxygen atoms in total. The number of nitrogens with zero attached hydrogens (tertiary/aromatic N) is 1. The van der Waals surface area contributed by atoms with Crippen molar-refractivity contribution in [2.45, 2.75) is 31.5 Å². The van der Waals surface area contributed by atoms with Crippen LogP contribution in [0.5, 0.6) is 0 Å². The number of nitrogens with one attached hydrogen (secondary N) is 1. The average molecular weight is 375 g/mol. The van der Waals surface area contributed by atoms with Gasteiger partial charge in [0.25, 0.3) is 0 Å². The summed E-state index contributed by atoms with van der Waals surface area (Å²) in [6.45, 7) is 2.05. The fourth-order valence-corrected chi connectivity index (χ4v) is 3.41. The van der Waals surface area contributed by atoms with Crippen molar-refractivity contribution in [2.24, 2.45) is 0 Å². The fraction of sp³-hybridized carbons (Fsp3) is 0.500. The number of amides is 1. The first-order chi connectivity index (χ1) is 11.3. The van der Waals surface area contributed by atoms with Gasteiger partial charge in [0.2, 0.25) is 5.91 Å². The lowest BCUT2D eigenvalue weighted by Crippen LogP contribution is -2.44. The second-order valence-electron chi connectivity index (χ2n) is 5.81. The molecule has 132 valence electrons. The van der Waals surface area contributed by atoms with Crippen LogP contribution in [0.25, 0.3) is 0 Å². The number of hydrogen-bond donors (Lipinski definition) is 2. The maximum atomic E-state index is 12.3. The number of ether oxygens (including phenoxy) is 1. The van der Waals surface area contributed by atoms with E-state index in [1.165, 1.54) is 7.11 Å². The smallest absolute Gasteiger partial charge is 0.323 e. The molecule has 2 unspecified atom stereocenters. The van der Waals surface area contributed by atoms with Crippen LogP contribution in [0, 0.1) is 0 Å². The molecule has 1 amide bonds. The molecule has 1 aromatic carbocycles. The minimum atomic E-state index is -0.648. The van der Waals surface area contributed by atoms with E-state index in [1.807, 2.05) is 6.92 Å². The summed E-state index contributed by atoms with van der Waals surface area (Å²) in [5.41, 5.74) is 0.750. The number of aliphatic hydroxyl groups excluding tert-OH is 1. The summed E-state index contributed by atoms with van der Waals surface area (Å²) in [6.07, 6.45) is -0.386. The lowest BCUT2D eigenvalue weighted by Gasteiger charge is -2.23. The standard InChI is InChI=1S/C16H20Cl2N2O4/c1-9(12-4-3-10(17)5-13(12)18)19-15(22)8-20-7-11(21)6-14(20)16(23)24-2/h3-5,9,11,14,21H,6-8H2,1-2H3,(H,19,22)/t9?,11-,14?/m1/s1.